The van der Waals surface area contributed by atoms with Crippen molar-refractivity contribution >= 4 is 49.6 Å². The highest BCUT2D eigenvalue weighted by Crippen LogP contribution is 2.39. The number of benzene rings is 2. The van der Waals surface area contributed by atoms with E-state index in [1.165, 1.54) is 35.6 Å². The third-order valence-corrected chi connectivity index (χ3v) is 8.24. The molecule has 0 saturated heterocycles. The summed E-state index contributed by atoms with van der Waals surface area (Å²) in [6.45, 7) is 2.18. The van der Waals surface area contributed by atoms with Gasteiger partial charge in [-0.05, 0) is 61.1 Å². The molecule has 1 heterocycles. The summed E-state index contributed by atoms with van der Waals surface area (Å²) < 4.78 is 28.1. The number of para-hydroxylation sites is 1. The molecule has 1 atom stereocenters. The first-order valence-electron chi connectivity index (χ1n) is 10.0. The molecule has 1 aromatic heterocycles. The van der Waals surface area contributed by atoms with Gasteiger partial charge in [0.2, 0.25) is 0 Å². The summed E-state index contributed by atoms with van der Waals surface area (Å²) in [5.41, 5.74) is 1.96. The fraction of sp³-hybridized carbons (Fsp3) is 0.217. The number of nitriles is 1. The van der Waals surface area contributed by atoms with Crippen molar-refractivity contribution in [3.05, 3.63) is 75.1 Å². The van der Waals surface area contributed by atoms with Crippen LogP contribution in [0.4, 0.5) is 10.7 Å². The van der Waals surface area contributed by atoms with E-state index in [0.29, 0.717) is 16.5 Å². The quantitative estimate of drug-likeness (QED) is 0.501. The van der Waals surface area contributed by atoms with Crippen LogP contribution in [0.2, 0.25) is 5.02 Å². The van der Waals surface area contributed by atoms with Crippen molar-refractivity contribution < 1.29 is 13.2 Å². The van der Waals surface area contributed by atoms with Crippen LogP contribution in [-0.2, 0) is 22.9 Å². The molecule has 1 amide bonds. The van der Waals surface area contributed by atoms with Gasteiger partial charge in [0.25, 0.3) is 15.9 Å². The molecule has 1 aliphatic rings. The molecule has 0 bridgehead atoms. The maximum absolute atomic E-state index is 12.9. The monoisotopic (exact) mass is 485 g/mol. The van der Waals surface area contributed by atoms with Crippen LogP contribution >= 0.6 is 22.9 Å². The van der Waals surface area contributed by atoms with Crippen LogP contribution in [0.1, 0.15) is 39.7 Å². The van der Waals surface area contributed by atoms with Gasteiger partial charge in [-0.3, -0.25) is 9.52 Å². The highest BCUT2D eigenvalue weighted by molar-refractivity contribution is 7.92. The van der Waals surface area contributed by atoms with Crippen LogP contribution in [0.5, 0.6) is 0 Å². The lowest BCUT2D eigenvalue weighted by atomic mass is 9.88. The summed E-state index contributed by atoms with van der Waals surface area (Å²) in [6.07, 6.45) is 2.74. The van der Waals surface area contributed by atoms with Crippen molar-refractivity contribution in [2.24, 2.45) is 5.92 Å². The van der Waals surface area contributed by atoms with E-state index in [1.54, 1.807) is 24.3 Å². The number of anilines is 2. The lowest BCUT2D eigenvalue weighted by molar-refractivity contribution is 0.102. The van der Waals surface area contributed by atoms with E-state index in [-0.39, 0.29) is 21.2 Å². The van der Waals surface area contributed by atoms with Crippen LogP contribution in [-0.4, -0.2) is 14.3 Å². The van der Waals surface area contributed by atoms with Gasteiger partial charge in [0, 0.05) is 10.4 Å². The third kappa shape index (κ3) is 4.51. The lowest BCUT2D eigenvalue weighted by Crippen LogP contribution is -2.16. The van der Waals surface area contributed by atoms with Crippen molar-refractivity contribution in [1.29, 1.82) is 5.26 Å². The maximum Gasteiger partial charge on any atom is 0.261 e. The van der Waals surface area contributed by atoms with E-state index >= 15 is 0 Å². The van der Waals surface area contributed by atoms with Crippen molar-refractivity contribution in [3.8, 4) is 6.07 Å². The largest absolute Gasteiger partial charge is 0.312 e. The van der Waals surface area contributed by atoms with E-state index in [9.17, 15) is 18.5 Å². The highest BCUT2D eigenvalue weighted by atomic mass is 35.5. The van der Waals surface area contributed by atoms with Crippen LogP contribution in [0, 0.1) is 17.2 Å². The van der Waals surface area contributed by atoms with Crippen LogP contribution in [0.25, 0.3) is 0 Å². The van der Waals surface area contributed by atoms with Gasteiger partial charge in [-0.15, -0.1) is 11.3 Å². The van der Waals surface area contributed by atoms with Gasteiger partial charge in [0.05, 0.1) is 21.2 Å². The minimum absolute atomic E-state index is 0.0649. The minimum Gasteiger partial charge on any atom is -0.312 e. The Kier molecular flexibility index (Phi) is 6.24. The number of thiophene rings is 1. The van der Waals surface area contributed by atoms with Gasteiger partial charge in [-0.1, -0.05) is 36.7 Å². The van der Waals surface area contributed by atoms with Crippen LogP contribution < -0.4 is 10.0 Å². The molecule has 0 aliphatic heterocycles. The summed E-state index contributed by atoms with van der Waals surface area (Å²) >= 11 is 7.48. The topological polar surface area (TPSA) is 99.1 Å². The Hall–Kier alpha value is -2.86. The molecule has 9 heteroatoms. The maximum atomic E-state index is 12.9. The molecular formula is C23H20ClN3O3S2. The fourth-order valence-corrected chi connectivity index (χ4v) is 6.40. The molecule has 2 N–H and O–H groups in total. The SMILES string of the molecule is C[C@H]1CCc2c(sc(NC(=O)c3cccc(S(=O)(=O)Nc4ccccc4Cl)c3)c2C#N)C1. The molecule has 6 nitrogen and oxygen atoms in total. The third-order valence-electron chi connectivity index (χ3n) is 5.38. The summed E-state index contributed by atoms with van der Waals surface area (Å²) in [7, 11) is -3.95. The Bertz CT molecular complexity index is 1340. The first-order chi connectivity index (χ1) is 15.3. The molecule has 0 radical (unpaired) electrons. The first kappa shape index (κ1) is 22.3. The Morgan fingerprint density at radius 3 is 2.75 bits per heavy atom. The van der Waals surface area contributed by atoms with Crippen molar-refractivity contribution in [1.82, 2.24) is 0 Å². The molecule has 32 heavy (non-hydrogen) atoms. The number of hydrogen-bond donors (Lipinski definition) is 2. The predicted octanol–water partition coefficient (Wildman–Crippen LogP) is 5.45. The molecule has 3 aromatic rings. The number of fused-ring (bicyclic) bond motifs is 1. The van der Waals surface area contributed by atoms with Gasteiger partial charge in [0.1, 0.15) is 11.1 Å². The minimum atomic E-state index is -3.95. The number of carbonyl (C=O) groups excluding carboxylic acids is 1. The Morgan fingerprint density at radius 2 is 2.00 bits per heavy atom. The van der Waals surface area contributed by atoms with Crippen molar-refractivity contribution in [3.63, 3.8) is 0 Å². The molecule has 1 aliphatic carbocycles. The molecule has 4 rings (SSSR count). The van der Waals surface area contributed by atoms with E-state index in [0.717, 1.165) is 29.7 Å². The molecule has 0 fully saturated rings. The predicted molar refractivity (Wildman–Crippen MR) is 127 cm³/mol. The number of sulfonamides is 1. The van der Waals surface area contributed by atoms with Gasteiger partial charge >= 0.3 is 0 Å². The van der Waals surface area contributed by atoms with E-state index < -0.39 is 15.9 Å². The normalized spacial score (nSPS) is 15.5. The molecule has 0 unspecified atom stereocenters. The van der Waals surface area contributed by atoms with Crippen LogP contribution in [0.3, 0.4) is 0 Å². The molecule has 164 valence electrons. The first-order valence-corrected chi connectivity index (χ1v) is 12.7. The smallest absolute Gasteiger partial charge is 0.261 e. The van der Waals surface area contributed by atoms with Crippen LogP contribution in [0.15, 0.2) is 53.4 Å². The molecule has 0 spiro atoms. The number of halogens is 1. The highest BCUT2D eigenvalue weighted by Gasteiger charge is 2.25. The number of amides is 1. The van der Waals surface area contributed by atoms with E-state index in [1.807, 2.05) is 0 Å². The zero-order valence-corrected chi connectivity index (χ0v) is 19.6. The number of hydrogen-bond acceptors (Lipinski definition) is 5. The molecule has 2 aromatic carbocycles. The number of rotatable bonds is 5. The molecular weight excluding hydrogens is 466 g/mol. The Morgan fingerprint density at radius 1 is 1.22 bits per heavy atom. The summed E-state index contributed by atoms with van der Waals surface area (Å²) in [6, 6.07) is 14.5. The fourth-order valence-electron chi connectivity index (χ4n) is 3.68. The van der Waals surface area contributed by atoms with E-state index in [2.05, 4.69) is 23.0 Å². The van der Waals surface area contributed by atoms with Gasteiger partial charge in [0.15, 0.2) is 0 Å². The van der Waals surface area contributed by atoms with Gasteiger partial charge in [-0.2, -0.15) is 5.26 Å². The standard InChI is InChI=1S/C23H20ClN3O3S2/c1-14-9-10-17-18(13-25)23(31-21(17)11-14)26-22(28)15-5-4-6-16(12-15)32(29,30)27-20-8-3-2-7-19(20)24/h2-8,12,14,27H,9-11H2,1H3,(H,26,28)/t14-/m0/s1. The Labute approximate surface area is 195 Å². The average molecular weight is 486 g/mol. The van der Waals surface area contributed by atoms with Gasteiger partial charge < -0.3 is 5.32 Å². The number of carbonyl (C=O) groups is 1. The second kappa shape index (κ2) is 8.94. The summed E-state index contributed by atoms with van der Waals surface area (Å²) in [5, 5.41) is 13.2. The second-order valence-electron chi connectivity index (χ2n) is 7.73. The second-order valence-corrected chi connectivity index (χ2v) is 10.9. The van der Waals surface area contributed by atoms with Crippen molar-refractivity contribution in [2.75, 3.05) is 10.0 Å². The average Bonchev–Trinajstić information content (AvgIpc) is 3.11. The summed E-state index contributed by atoms with van der Waals surface area (Å²) in [4.78, 5) is 14.0. The number of nitrogens with zero attached hydrogens (tertiary/aromatic N) is 1. The van der Waals surface area contributed by atoms with E-state index in [4.69, 9.17) is 11.6 Å². The Balaban J connectivity index is 1.58. The zero-order chi connectivity index (χ0) is 22.9. The zero-order valence-electron chi connectivity index (χ0n) is 17.2. The molecule has 0 saturated carbocycles. The summed E-state index contributed by atoms with van der Waals surface area (Å²) in [5.74, 6) is 0.0756. The lowest BCUT2D eigenvalue weighted by Gasteiger charge is -2.17. The number of nitrogens with one attached hydrogen (secondary N) is 2. The van der Waals surface area contributed by atoms with Crippen molar-refractivity contribution in [2.45, 2.75) is 31.1 Å². The van der Waals surface area contributed by atoms with Gasteiger partial charge in [-0.25, -0.2) is 8.42 Å².